The molecule has 0 radical (unpaired) electrons. The van der Waals surface area contributed by atoms with Gasteiger partial charge in [0.15, 0.2) is 0 Å². The number of likely N-dealkylation sites (tertiary alicyclic amines) is 1. The van der Waals surface area contributed by atoms with Crippen LogP contribution in [0.25, 0.3) is 0 Å². The van der Waals surface area contributed by atoms with Gasteiger partial charge in [0.25, 0.3) is 0 Å². The van der Waals surface area contributed by atoms with Crippen LogP contribution in [0.2, 0.25) is 0 Å². The third kappa shape index (κ3) is 3.14. The minimum atomic E-state index is -0.0923. The first-order valence-electron chi connectivity index (χ1n) is 8.74. The summed E-state index contributed by atoms with van der Waals surface area (Å²) in [6, 6.07) is 0.717. The highest BCUT2D eigenvalue weighted by molar-refractivity contribution is 5.15. The molecule has 124 valence electrons. The van der Waals surface area contributed by atoms with Crippen molar-refractivity contribution in [3.05, 3.63) is 0 Å². The van der Waals surface area contributed by atoms with Crippen LogP contribution in [-0.2, 0) is 4.74 Å². The molecule has 3 atom stereocenters. The molecule has 0 aromatic heterocycles. The Labute approximate surface area is 131 Å². The van der Waals surface area contributed by atoms with E-state index in [9.17, 15) is 0 Å². The normalized spacial score (nSPS) is 36.1. The molecule has 1 aliphatic carbocycles. The van der Waals surface area contributed by atoms with Crippen molar-refractivity contribution in [1.29, 1.82) is 0 Å². The number of hydrogen-bond donors (Lipinski definition) is 1. The maximum atomic E-state index is 6.73. The standard InChI is InChI=1S/C17H35N3O/c1-6-20(7-2)14-9-10-19(12-14)13-17(18)11-15(21-8-3)16(17,4)5/h14-15H,6-13,18H2,1-5H3. The zero-order valence-electron chi connectivity index (χ0n) is 14.7. The summed E-state index contributed by atoms with van der Waals surface area (Å²) in [6.45, 7) is 17.6. The van der Waals surface area contributed by atoms with E-state index in [1.165, 1.54) is 19.5 Å². The average molecular weight is 297 g/mol. The van der Waals surface area contributed by atoms with Crippen molar-refractivity contribution >= 4 is 0 Å². The summed E-state index contributed by atoms with van der Waals surface area (Å²) >= 11 is 0. The van der Waals surface area contributed by atoms with Gasteiger partial charge in [-0.25, -0.2) is 0 Å². The summed E-state index contributed by atoms with van der Waals surface area (Å²) in [7, 11) is 0. The van der Waals surface area contributed by atoms with Crippen LogP contribution in [0.5, 0.6) is 0 Å². The highest BCUT2D eigenvalue weighted by Gasteiger charge is 2.59. The largest absolute Gasteiger partial charge is 0.378 e. The molecule has 1 aliphatic heterocycles. The molecule has 2 rings (SSSR count). The van der Waals surface area contributed by atoms with Crippen molar-refractivity contribution in [2.45, 2.75) is 65.1 Å². The Balaban J connectivity index is 1.89. The third-order valence-corrected chi connectivity index (χ3v) is 6.09. The van der Waals surface area contributed by atoms with Crippen molar-refractivity contribution in [3.8, 4) is 0 Å². The van der Waals surface area contributed by atoms with Gasteiger partial charge in [-0.3, -0.25) is 9.80 Å². The van der Waals surface area contributed by atoms with Crippen molar-refractivity contribution in [3.63, 3.8) is 0 Å². The maximum absolute atomic E-state index is 6.73. The molecule has 2 N–H and O–H groups in total. The van der Waals surface area contributed by atoms with Crippen LogP contribution < -0.4 is 5.73 Å². The second kappa shape index (κ2) is 6.53. The fourth-order valence-corrected chi connectivity index (χ4v) is 4.17. The second-order valence-corrected chi connectivity index (χ2v) is 7.42. The van der Waals surface area contributed by atoms with Gasteiger partial charge in [0.2, 0.25) is 0 Å². The Kier molecular flexibility index (Phi) is 5.35. The lowest BCUT2D eigenvalue weighted by Gasteiger charge is -2.60. The van der Waals surface area contributed by atoms with Gasteiger partial charge in [-0.2, -0.15) is 0 Å². The Morgan fingerprint density at radius 1 is 1.24 bits per heavy atom. The summed E-state index contributed by atoms with van der Waals surface area (Å²) in [5.74, 6) is 0. The van der Waals surface area contributed by atoms with E-state index in [-0.39, 0.29) is 11.0 Å². The van der Waals surface area contributed by atoms with Crippen LogP contribution in [0.15, 0.2) is 0 Å². The molecule has 21 heavy (non-hydrogen) atoms. The van der Waals surface area contributed by atoms with E-state index in [1.807, 2.05) is 0 Å². The Morgan fingerprint density at radius 2 is 1.90 bits per heavy atom. The predicted molar refractivity (Wildman–Crippen MR) is 88.5 cm³/mol. The number of ether oxygens (including phenoxy) is 1. The lowest BCUT2D eigenvalue weighted by atomic mass is 9.54. The van der Waals surface area contributed by atoms with E-state index in [0.717, 1.165) is 38.7 Å². The first-order chi connectivity index (χ1) is 9.87. The molecule has 2 aliphatic rings. The molecule has 3 unspecified atom stereocenters. The van der Waals surface area contributed by atoms with Crippen LogP contribution in [-0.4, -0.2) is 66.8 Å². The van der Waals surface area contributed by atoms with Gasteiger partial charge in [0.1, 0.15) is 0 Å². The number of likely N-dealkylation sites (N-methyl/N-ethyl adjacent to an activating group) is 1. The lowest BCUT2D eigenvalue weighted by Crippen LogP contribution is -2.73. The van der Waals surface area contributed by atoms with Crippen molar-refractivity contribution in [2.75, 3.05) is 39.3 Å². The Morgan fingerprint density at radius 3 is 2.43 bits per heavy atom. The third-order valence-electron chi connectivity index (χ3n) is 6.09. The van der Waals surface area contributed by atoms with Crippen molar-refractivity contribution in [2.24, 2.45) is 11.1 Å². The van der Waals surface area contributed by atoms with Gasteiger partial charge < -0.3 is 10.5 Å². The topological polar surface area (TPSA) is 41.7 Å². The van der Waals surface area contributed by atoms with E-state index >= 15 is 0 Å². The first kappa shape index (κ1) is 17.2. The van der Waals surface area contributed by atoms with E-state index in [4.69, 9.17) is 10.5 Å². The Hall–Kier alpha value is -0.160. The predicted octanol–water partition coefficient (Wildman–Crippen LogP) is 1.94. The molecule has 0 bridgehead atoms. The fourth-order valence-electron chi connectivity index (χ4n) is 4.17. The van der Waals surface area contributed by atoms with Crippen LogP contribution in [0.3, 0.4) is 0 Å². The first-order valence-corrected chi connectivity index (χ1v) is 8.74. The van der Waals surface area contributed by atoms with E-state index in [2.05, 4.69) is 44.4 Å². The average Bonchev–Trinajstić information content (AvgIpc) is 2.88. The van der Waals surface area contributed by atoms with Crippen LogP contribution in [0, 0.1) is 5.41 Å². The van der Waals surface area contributed by atoms with Gasteiger partial charge in [0, 0.05) is 36.7 Å². The van der Waals surface area contributed by atoms with Crippen molar-refractivity contribution in [1.82, 2.24) is 9.80 Å². The summed E-state index contributed by atoms with van der Waals surface area (Å²) in [5, 5.41) is 0. The molecule has 0 spiro atoms. The van der Waals surface area contributed by atoms with E-state index < -0.39 is 0 Å². The molecular weight excluding hydrogens is 262 g/mol. The molecule has 0 aromatic carbocycles. The van der Waals surface area contributed by atoms with Crippen LogP contribution in [0.4, 0.5) is 0 Å². The van der Waals surface area contributed by atoms with Gasteiger partial charge in [0.05, 0.1) is 6.10 Å². The molecule has 1 heterocycles. The minimum Gasteiger partial charge on any atom is -0.378 e. The smallest absolute Gasteiger partial charge is 0.0662 e. The number of nitrogens with zero attached hydrogens (tertiary/aromatic N) is 2. The minimum absolute atomic E-state index is 0.0797. The quantitative estimate of drug-likeness (QED) is 0.780. The number of rotatable bonds is 7. The molecular formula is C17H35N3O. The zero-order chi connectivity index (χ0) is 15.7. The highest BCUT2D eigenvalue weighted by Crippen LogP contribution is 2.50. The summed E-state index contributed by atoms with van der Waals surface area (Å²) in [5.41, 5.74) is 6.72. The molecule has 2 fully saturated rings. The number of nitrogens with two attached hydrogens (primary N) is 1. The summed E-state index contributed by atoms with van der Waals surface area (Å²) in [6.07, 6.45) is 2.61. The van der Waals surface area contributed by atoms with Gasteiger partial charge in [-0.15, -0.1) is 0 Å². The van der Waals surface area contributed by atoms with Gasteiger partial charge in [-0.05, 0) is 39.4 Å². The summed E-state index contributed by atoms with van der Waals surface area (Å²) in [4.78, 5) is 5.16. The molecule has 0 amide bonds. The van der Waals surface area contributed by atoms with Gasteiger partial charge in [-0.1, -0.05) is 27.7 Å². The molecule has 4 heteroatoms. The maximum Gasteiger partial charge on any atom is 0.0662 e. The molecule has 1 saturated heterocycles. The second-order valence-electron chi connectivity index (χ2n) is 7.42. The molecule has 0 aromatic rings. The zero-order valence-corrected chi connectivity index (χ0v) is 14.7. The van der Waals surface area contributed by atoms with Crippen LogP contribution >= 0.6 is 0 Å². The molecule has 4 nitrogen and oxygen atoms in total. The van der Waals surface area contributed by atoms with Crippen LogP contribution in [0.1, 0.15) is 47.5 Å². The monoisotopic (exact) mass is 297 g/mol. The fraction of sp³-hybridized carbons (Fsp3) is 1.00. The SMILES string of the molecule is CCOC1CC(N)(CN2CCC(N(CC)CC)C2)C1(C)C. The van der Waals surface area contributed by atoms with Gasteiger partial charge >= 0.3 is 0 Å². The van der Waals surface area contributed by atoms with E-state index in [0.29, 0.717) is 6.10 Å². The Bertz CT molecular complexity index is 343. The van der Waals surface area contributed by atoms with Crippen molar-refractivity contribution < 1.29 is 4.74 Å². The van der Waals surface area contributed by atoms with E-state index in [1.54, 1.807) is 0 Å². The number of hydrogen-bond acceptors (Lipinski definition) is 4. The molecule has 1 saturated carbocycles. The highest BCUT2D eigenvalue weighted by atomic mass is 16.5. The summed E-state index contributed by atoms with van der Waals surface area (Å²) < 4.78 is 5.84. The lowest BCUT2D eigenvalue weighted by molar-refractivity contribution is -0.155.